The minimum absolute atomic E-state index is 0.0554. The van der Waals surface area contributed by atoms with E-state index in [1.807, 2.05) is 7.11 Å². The fraction of sp³-hybridized carbons (Fsp3) is 0.950. The zero-order valence-corrected chi connectivity index (χ0v) is 15.3. The molecule has 2 unspecified atom stereocenters. The van der Waals surface area contributed by atoms with Gasteiger partial charge in [0.05, 0.1) is 11.6 Å². The Morgan fingerprint density at radius 2 is 1.79 bits per heavy atom. The summed E-state index contributed by atoms with van der Waals surface area (Å²) < 4.78 is 12.8. The molecular weight excluding hydrogens is 302 g/mol. The van der Waals surface area contributed by atoms with Gasteiger partial charge in [0.15, 0.2) is 0 Å². The van der Waals surface area contributed by atoms with Gasteiger partial charge in [0.2, 0.25) is 5.91 Å². The molecule has 0 radical (unpaired) electrons. The Balaban J connectivity index is 1.55. The van der Waals surface area contributed by atoms with Crippen LogP contribution in [0, 0.1) is 17.8 Å². The predicted molar refractivity (Wildman–Crippen MR) is 90.5 cm³/mol. The van der Waals surface area contributed by atoms with Crippen molar-refractivity contribution < 1.29 is 14.3 Å². The first-order valence-electron chi connectivity index (χ1n) is 10.1. The average molecular weight is 333 g/mol. The number of epoxide rings is 1. The third-order valence-corrected chi connectivity index (χ3v) is 8.58. The van der Waals surface area contributed by atoms with E-state index < -0.39 is 0 Å². The van der Waals surface area contributed by atoms with Gasteiger partial charge in [-0.15, -0.1) is 0 Å². The summed E-state index contributed by atoms with van der Waals surface area (Å²) in [6, 6.07) is 0.127. The second-order valence-corrected chi connectivity index (χ2v) is 9.14. The molecule has 0 N–H and O–H groups in total. The molecule has 0 aromatic carbocycles. The van der Waals surface area contributed by atoms with E-state index >= 15 is 0 Å². The number of carbonyl (C=O) groups excluding carboxylic acids is 1. The molecule has 1 amide bonds. The maximum Gasteiger partial charge on any atom is 0.226 e. The Morgan fingerprint density at radius 1 is 1.08 bits per heavy atom. The summed E-state index contributed by atoms with van der Waals surface area (Å²) in [4.78, 5) is 15.5. The third-order valence-electron chi connectivity index (χ3n) is 8.58. The number of nitrogens with zero attached hydrogens (tertiary/aromatic N) is 1. The minimum atomic E-state index is -0.196. The number of methoxy groups -OCH3 is 1. The lowest BCUT2D eigenvalue weighted by Gasteiger charge is -2.49. The fourth-order valence-electron chi connectivity index (χ4n) is 6.66. The van der Waals surface area contributed by atoms with Gasteiger partial charge in [0.1, 0.15) is 11.2 Å². The van der Waals surface area contributed by atoms with E-state index in [0.29, 0.717) is 17.7 Å². The number of rotatable bonds is 3. The van der Waals surface area contributed by atoms with Gasteiger partial charge in [0, 0.05) is 19.6 Å². The first kappa shape index (κ1) is 15.6. The quantitative estimate of drug-likeness (QED) is 0.745. The van der Waals surface area contributed by atoms with E-state index in [4.69, 9.17) is 9.47 Å². The molecule has 5 fully saturated rings. The molecule has 5 rings (SSSR count). The van der Waals surface area contributed by atoms with Crippen LogP contribution in [0.15, 0.2) is 0 Å². The van der Waals surface area contributed by atoms with Gasteiger partial charge in [-0.05, 0) is 43.9 Å². The molecule has 0 aromatic rings. The SMILES string of the molecule is COC1([C@H]2N(C(=O)C3CCC3)CC[C@]34CCCC[C@]23O4)C(C)[C@@H]1C. The van der Waals surface area contributed by atoms with Crippen LogP contribution in [0.2, 0.25) is 0 Å². The molecule has 2 saturated heterocycles. The number of hydrogen-bond donors (Lipinski definition) is 0. The zero-order chi connectivity index (χ0) is 16.7. The largest absolute Gasteiger partial charge is 0.375 e. The maximum absolute atomic E-state index is 13.2. The highest BCUT2D eigenvalue weighted by Gasteiger charge is 2.84. The van der Waals surface area contributed by atoms with Gasteiger partial charge in [0.25, 0.3) is 0 Å². The highest BCUT2D eigenvalue weighted by Crippen LogP contribution is 2.71. The first-order valence-corrected chi connectivity index (χ1v) is 10.1. The van der Waals surface area contributed by atoms with E-state index in [0.717, 1.165) is 32.2 Å². The zero-order valence-electron chi connectivity index (χ0n) is 15.3. The van der Waals surface area contributed by atoms with Crippen molar-refractivity contribution in [2.45, 2.75) is 88.1 Å². The topological polar surface area (TPSA) is 42.1 Å². The molecule has 0 bridgehead atoms. The van der Waals surface area contributed by atoms with Crippen molar-refractivity contribution in [3.05, 3.63) is 0 Å². The summed E-state index contributed by atoms with van der Waals surface area (Å²) in [5.41, 5.74) is -0.253. The summed E-state index contributed by atoms with van der Waals surface area (Å²) in [6.07, 6.45) is 9.18. The van der Waals surface area contributed by atoms with Crippen LogP contribution in [0.1, 0.15) is 65.2 Å². The molecule has 134 valence electrons. The number of hydrogen-bond acceptors (Lipinski definition) is 3. The van der Waals surface area contributed by atoms with E-state index in [1.54, 1.807) is 0 Å². The van der Waals surface area contributed by atoms with Crippen molar-refractivity contribution in [2.24, 2.45) is 17.8 Å². The summed E-state index contributed by atoms with van der Waals surface area (Å²) in [5.74, 6) is 1.65. The van der Waals surface area contributed by atoms with Gasteiger partial charge in [-0.25, -0.2) is 0 Å². The van der Waals surface area contributed by atoms with E-state index in [-0.39, 0.29) is 28.8 Å². The van der Waals surface area contributed by atoms with E-state index in [9.17, 15) is 4.79 Å². The number of ether oxygens (including phenoxy) is 2. The summed E-state index contributed by atoms with van der Waals surface area (Å²) in [5, 5.41) is 0. The molecule has 0 spiro atoms. The van der Waals surface area contributed by atoms with Gasteiger partial charge < -0.3 is 14.4 Å². The van der Waals surface area contributed by atoms with E-state index in [2.05, 4.69) is 18.7 Å². The Labute approximate surface area is 145 Å². The second kappa shape index (κ2) is 4.76. The lowest BCUT2D eigenvalue weighted by Crippen LogP contribution is -2.65. The number of likely N-dealkylation sites (tertiary alicyclic amines) is 1. The Morgan fingerprint density at radius 3 is 2.38 bits per heavy atom. The average Bonchev–Trinajstić information content (AvgIpc) is 3.37. The van der Waals surface area contributed by atoms with Crippen LogP contribution in [0.25, 0.3) is 0 Å². The van der Waals surface area contributed by atoms with Crippen molar-refractivity contribution >= 4 is 5.91 Å². The van der Waals surface area contributed by atoms with Crippen molar-refractivity contribution in [2.75, 3.05) is 13.7 Å². The van der Waals surface area contributed by atoms with Crippen LogP contribution in [-0.4, -0.2) is 47.3 Å². The standard InChI is InChI=1S/C20H31NO3/c1-13-14(2)20(13,23-3)17-19-10-5-4-9-18(19,24-19)11-12-21(17)16(22)15-7-6-8-15/h13-15,17H,4-12H2,1-3H3/t13-,14?,17-,18+,19-,20?/m0/s1. The second-order valence-electron chi connectivity index (χ2n) is 9.14. The molecule has 3 saturated carbocycles. The van der Waals surface area contributed by atoms with E-state index in [1.165, 1.54) is 25.7 Å². The lowest BCUT2D eigenvalue weighted by molar-refractivity contribution is -0.152. The maximum atomic E-state index is 13.2. The van der Waals surface area contributed by atoms with Crippen molar-refractivity contribution in [3.63, 3.8) is 0 Å². The first-order chi connectivity index (χ1) is 11.5. The number of piperidine rings is 1. The lowest BCUT2D eigenvalue weighted by atomic mass is 9.67. The van der Waals surface area contributed by atoms with Crippen molar-refractivity contribution in [1.29, 1.82) is 0 Å². The summed E-state index contributed by atoms with van der Waals surface area (Å²) in [6.45, 7) is 5.45. The van der Waals surface area contributed by atoms with Gasteiger partial charge >= 0.3 is 0 Å². The Hall–Kier alpha value is -0.610. The summed E-state index contributed by atoms with van der Waals surface area (Å²) in [7, 11) is 1.85. The minimum Gasteiger partial charge on any atom is -0.375 e. The Bertz CT molecular complexity index is 565. The molecule has 2 aliphatic heterocycles. The highest BCUT2D eigenvalue weighted by molar-refractivity contribution is 5.81. The van der Waals surface area contributed by atoms with Crippen LogP contribution in [-0.2, 0) is 14.3 Å². The van der Waals surface area contributed by atoms with Gasteiger partial charge in [-0.2, -0.15) is 0 Å². The molecular formula is C20H31NO3. The molecule has 4 heteroatoms. The van der Waals surface area contributed by atoms with Crippen LogP contribution >= 0.6 is 0 Å². The normalized spacial score (nSPS) is 53.0. The monoisotopic (exact) mass is 333 g/mol. The predicted octanol–water partition coefficient (Wildman–Crippen LogP) is 3.14. The number of carbonyl (C=O) groups is 1. The molecule has 3 aliphatic carbocycles. The van der Waals surface area contributed by atoms with Gasteiger partial charge in [-0.3, -0.25) is 4.79 Å². The fourth-order valence-corrected chi connectivity index (χ4v) is 6.66. The van der Waals surface area contributed by atoms with Crippen LogP contribution in [0.5, 0.6) is 0 Å². The molecule has 4 nitrogen and oxygen atoms in total. The van der Waals surface area contributed by atoms with Gasteiger partial charge in [-0.1, -0.05) is 33.1 Å². The van der Waals surface area contributed by atoms with Crippen LogP contribution < -0.4 is 0 Å². The molecule has 2 heterocycles. The van der Waals surface area contributed by atoms with Crippen molar-refractivity contribution in [1.82, 2.24) is 4.90 Å². The van der Waals surface area contributed by atoms with Crippen molar-refractivity contribution in [3.8, 4) is 0 Å². The summed E-state index contributed by atoms with van der Waals surface area (Å²) >= 11 is 0. The molecule has 0 aromatic heterocycles. The Kier molecular flexibility index (Phi) is 3.10. The smallest absolute Gasteiger partial charge is 0.226 e. The van der Waals surface area contributed by atoms with Crippen LogP contribution in [0.3, 0.4) is 0 Å². The molecule has 5 aliphatic rings. The third kappa shape index (κ3) is 1.61. The number of amides is 1. The van der Waals surface area contributed by atoms with Crippen LogP contribution in [0.4, 0.5) is 0 Å². The highest BCUT2D eigenvalue weighted by atomic mass is 16.6. The molecule has 24 heavy (non-hydrogen) atoms. The molecule has 6 atom stereocenters.